The summed E-state index contributed by atoms with van der Waals surface area (Å²) in [7, 11) is 0. The van der Waals surface area contributed by atoms with Crippen LogP contribution in [0.3, 0.4) is 0 Å². The van der Waals surface area contributed by atoms with Crippen molar-refractivity contribution in [3.05, 3.63) is 65.4 Å². The molecule has 5 rings (SSSR count). The Hall–Kier alpha value is -3.12. The Labute approximate surface area is 163 Å². The van der Waals surface area contributed by atoms with Gasteiger partial charge in [0.25, 0.3) is 0 Å². The second-order valence-electron chi connectivity index (χ2n) is 7.33. The van der Waals surface area contributed by atoms with Gasteiger partial charge in [0, 0.05) is 42.4 Å². The number of aromatic nitrogens is 2. The van der Waals surface area contributed by atoms with Crippen LogP contribution in [-0.4, -0.2) is 35.8 Å². The molecule has 1 fully saturated rings. The number of amides is 1. The number of fused-ring (bicyclic) bond motifs is 3. The number of ether oxygens (including phenoxy) is 1. The molecule has 3 aromatic rings. The lowest BCUT2D eigenvalue weighted by molar-refractivity contribution is -0.114. The van der Waals surface area contributed by atoms with Gasteiger partial charge in [0.1, 0.15) is 6.10 Å². The van der Waals surface area contributed by atoms with Crippen molar-refractivity contribution in [3.8, 4) is 11.3 Å². The van der Waals surface area contributed by atoms with E-state index in [0.29, 0.717) is 6.61 Å². The molecule has 0 saturated carbocycles. The lowest BCUT2D eigenvalue weighted by atomic mass is 10.1. The topological polar surface area (TPSA) is 70.2 Å². The first-order valence-electron chi connectivity index (χ1n) is 9.58. The van der Waals surface area contributed by atoms with Crippen LogP contribution in [0.2, 0.25) is 0 Å². The molecule has 6 heteroatoms. The predicted molar refractivity (Wildman–Crippen MR) is 108 cm³/mol. The number of morpholine rings is 1. The van der Waals surface area contributed by atoms with Crippen molar-refractivity contribution in [2.24, 2.45) is 0 Å². The number of hydrogen-bond acceptors (Lipinski definition) is 4. The maximum atomic E-state index is 11.2. The maximum Gasteiger partial charge on any atom is 0.221 e. The predicted octanol–water partition coefficient (Wildman–Crippen LogP) is 3.52. The standard InChI is InChI=1S/C22H22N4O2/c1-14(27)23-16-6-8-17(9-7-16)26-10-11-28-20(13-26)22-19-12-15-4-2-3-5-18(15)21(19)24-25-22/h2-9,20H,10-13H2,1H3,(H,23,27)(H,24,25). The van der Waals surface area contributed by atoms with E-state index in [2.05, 4.69) is 44.7 Å². The number of rotatable bonds is 3. The smallest absolute Gasteiger partial charge is 0.221 e. The maximum absolute atomic E-state index is 11.2. The second kappa shape index (κ2) is 6.80. The van der Waals surface area contributed by atoms with Crippen LogP contribution in [0, 0.1) is 0 Å². The monoisotopic (exact) mass is 374 g/mol. The fourth-order valence-electron chi connectivity index (χ4n) is 4.16. The third-order valence-electron chi connectivity index (χ3n) is 5.48. The summed E-state index contributed by atoms with van der Waals surface area (Å²) in [5.74, 6) is -0.0624. The minimum Gasteiger partial charge on any atom is -0.368 e. The molecule has 2 heterocycles. The summed E-state index contributed by atoms with van der Waals surface area (Å²) >= 11 is 0. The zero-order valence-electron chi connectivity index (χ0n) is 15.7. The third-order valence-corrected chi connectivity index (χ3v) is 5.48. The van der Waals surface area contributed by atoms with Crippen molar-refractivity contribution in [1.29, 1.82) is 0 Å². The van der Waals surface area contributed by atoms with Crippen LogP contribution >= 0.6 is 0 Å². The largest absolute Gasteiger partial charge is 0.368 e. The van der Waals surface area contributed by atoms with E-state index in [1.54, 1.807) is 0 Å². The molecule has 28 heavy (non-hydrogen) atoms. The number of carbonyl (C=O) groups is 1. The van der Waals surface area contributed by atoms with E-state index < -0.39 is 0 Å². The van der Waals surface area contributed by atoms with Crippen LogP contribution in [0.5, 0.6) is 0 Å². The van der Waals surface area contributed by atoms with Crippen molar-refractivity contribution in [3.63, 3.8) is 0 Å². The molecule has 1 amide bonds. The van der Waals surface area contributed by atoms with Gasteiger partial charge in [-0.3, -0.25) is 9.89 Å². The molecule has 0 bridgehead atoms. The minimum atomic E-state index is -0.0624. The van der Waals surface area contributed by atoms with Crippen LogP contribution in [0.15, 0.2) is 48.5 Å². The minimum absolute atomic E-state index is 0.0573. The van der Waals surface area contributed by atoms with E-state index in [0.717, 1.165) is 42.3 Å². The van der Waals surface area contributed by atoms with Gasteiger partial charge in [-0.1, -0.05) is 24.3 Å². The first kappa shape index (κ1) is 17.0. The van der Waals surface area contributed by atoms with Crippen LogP contribution in [0.1, 0.15) is 29.8 Å². The van der Waals surface area contributed by atoms with Crippen molar-refractivity contribution < 1.29 is 9.53 Å². The molecule has 2 N–H and O–H groups in total. The van der Waals surface area contributed by atoms with Crippen LogP contribution in [0.25, 0.3) is 11.3 Å². The highest BCUT2D eigenvalue weighted by molar-refractivity contribution is 5.88. The Morgan fingerprint density at radius 3 is 2.86 bits per heavy atom. The summed E-state index contributed by atoms with van der Waals surface area (Å²) < 4.78 is 6.09. The van der Waals surface area contributed by atoms with Crippen molar-refractivity contribution >= 4 is 17.3 Å². The van der Waals surface area contributed by atoms with E-state index in [-0.39, 0.29) is 12.0 Å². The first-order valence-corrected chi connectivity index (χ1v) is 9.58. The summed E-state index contributed by atoms with van der Waals surface area (Å²) in [5, 5.41) is 10.6. The van der Waals surface area contributed by atoms with Crippen LogP contribution < -0.4 is 10.2 Å². The second-order valence-corrected chi connectivity index (χ2v) is 7.33. The number of benzene rings is 2. The summed E-state index contributed by atoms with van der Waals surface area (Å²) in [6.07, 6.45) is 0.848. The van der Waals surface area contributed by atoms with Gasteiger partial charge in [0.2, 0.25) is 5.91 Å². The van der Waals surface area contributed by atoms with Crippen molar-refractivity contribution in [2.75, 3.05) is 29.9 Å². The average Bonchev–Trinajstić information content (AvgIpc) is 3.27. The number of hydrogen-bond donors (Lipinski definition) is 2. The molecule has 142 valence electrons. The molecule has 6 nitrogen and oxygen atoms in total. The lowest BCUT2D eigenvalue weighted by Gasteiger charge is -2.34. The Bertz CT molecular complexity index is 1030. The molecule has 0 radical (unpaired) electrons. The Morgan fingerprint density at radius 2 is 2.04 bits per heavy atom. The van der Waals surface area contributed by atoms with E-state index in [1.807, 2.05) is 24.3 Å². The molecular weight excluding hydrogens is 352 g/mol. The van der Waals surface area contributed by atoms with E-state index in [4.69, 9.17) is 4.74 Å². The van der Waals surface area contributed by atoms with Crippen LogP contribution in [0.4, 0.5) is 11.4 Å². The number of aromatic amines is 1. The number of carbonyl (C=O) groups excluding carboxylic acids is 1. The van der Waals surface area contributed by atoms with Gasteiger partial charge in [-0.05, 0) is 29.8 Å². The molecule has 2 aromatic carbocycles. The zero-order chi connectivity index (χ0) is 19.1. The van der Waals surface area contributed by atoms with Crippen molar-refractivity contribution in [2.45, 2.75) is 19.4 Å². The van der Waals surface area contributed by atoms with Gasteiger partial charge in [-0.2, -0.15) is 5.10 Å². The summed E-state index contributed by atoms with van der Waals surface area (Å²) in [4.78, 5) is 13.5. The highest BCUT2D eigenvalue weighted by atomic mass is 16.5. The summed E-state index contributed by atoms with van der Waals surface area (Å²) in [6.45, 7) is 3.77. The molecular formula is C22H22N4O2. The summed E-state index contributed by atoms with van der Waals surface area (Å²) in [5.41, 5.74) is 7.93. The normalized spacial score (nSPS) is 17.9. The summed E-state index contributed by atoms with van der Waals surface area (Å²) in [6, 6.07) is 16.4. The highest BCUT2D eigenvalue weighted by Crippen LogP contribution is 2.39. The van der Waals surface area contributed by atoms with Crippen molar-refractivity contribution in [1.82, 2.24) is 10.2 Å². The van der Waals surface area contributed by atoms with Gasteiger partial charge >= 0.3 is 0 Å². The molecule has 1 aromatic heterocycles. The van der Waals surface area contributed by atoms with Gasteiger partial charge in [0.15, 0.2) is 0 Å². The fourth-order valence-corrected chi connectivity index (χ4v) is 4.16. The first-order chi connectivity index (χ1) is 13.7. The van der Waals surface area contributed by atoms with Gasteiger partial charge < -0.3 is 15.0 Å². The molecule has 1 saturated heterocycles. The van der Waals surface area contributed by atoms with E-state index in [1.165, 1.54) is 23.6 Å². The highest BCUT2D eigenvalue weighted by Gasteiger charge is 2.31. The van der Waals surface area contributed by atoms with Gasteiger partial charge in [-0.25, -0.2) is 0 Å². The van der Waals surface area contributed by atoms with E-state index in [9.17, 15) is 4.79 Å². The lowest BCUT2D eigenvalue weighted by Crippen LogP contribution is -2.38. The van der Waals surface area contributed by atoms with Crippen LogP contribution in [-0.2, 0) is 16.0 Å². The zero-order valence-corrected chi connectivity index (χ0v) is 15.7. The Balaban J connectivity index is 1.36. The average molecular weight is 374 g/mol. The number of nitrogens with zero attached hydrogens (tertiary/aromatic N) is 2. The molecule has 1 aliphatic heterocycles. The quantitative estimate of drug-likeness (QED) is 0.576. The number of H-pyrrole nitrogens is 1. The Kier molecular flexibility index (Phi) is 4.13. The number of anilines is 2. The molecule has 2 aliphatic rings. The molecule has 1 atom stereocenters. The number of nitrogens with one attached hydrogen (secondary N) is 2. The fraction of sp³-hybridized carbons (Fsp3) is 0.273. The van der Waals surface area contributed by atoms with E-state index >= 15 is 0 Å². The molecule has 1 unspecified atom stereocenters. The molecule has 1 aliphatic carbocycles. The third kappa shape index (κ3) is 2.96. The Morgan fingerprint density at radius 1 is 1.21 bits per heavy atom. The van der Waals surface area contributed by atoms with Gasteiger partial charge in [0.05, 0.1) is 24.5 Å². The molecule has 0 spiro atoms. The van der Waals surface area contributed by atoms with Gasteiger partial charge in [-0.15, -0.1) is 0 Å². The SMILES string of the molecule is CC(=O)Nc1ccc(N2CCOC(c3n[nH]c4c3Cc3ccccc3-4)C2)cc1.